The molecule has 1 N–H and O–H groups in total. The van der Waals surface area contributed by atoms with Gasteiger partial charge in [0.15, 0.2) is 0 Å². The Morgan fingerprint density at radius 1 is 1.38 bits per heavy atom. The van der Waals surface area contributed by atoms with Crippen LogP contribution in [0, 0.1) is 13.8 Å². The number of aromatic nitrogens is 1. The van der Waals surface area contributed by atoms with Crippen molar-refractivity contribution in [3.63, 3.8) is 0 Å². The summed E-state index contributed by atoms with van der Waals surface area (Å²) in [6.07, 6.45) is 1.78. The van der Waals surface area contributed by atoms with E-state index in [9.17, 15) is 0 Å². The summed E-state index contributed by atoms with van der Waals surface area (Å²) < 4.78 is 6.46. The molecular formula is C12H13BrN2O. The van der Waals surface area contributed by atoms with Crippen LogP contribution in [0.4, 0.5) is 5.82 Å². The van der Waals surface area contributed by atoms with Crippen LogP contribution in [0.5, 0.6) is 0 Å². The minimum absolute atomic E-state index is 0.656. The Morgan fingerprint density at radius 3 is 2.81 bits per heavy atom. The summed E-state index contributed by atoms with van der Waals surface area (Å²) in [4.78, 5) is 4.30. The van der Waals surface area contributed by atoms with Crippen LogP contribution in [0.1, 0.15) is 17.1 Å². The maximum Gasteiger partial charge on any atom is 0.129 e. The van der Waals surface area contributed by atoms with E-state index in [1.54, 1.807) is 6.20 Å². The number of nitrogens with zero attached hydrogens (tertiary/aromatic N) is 1. The monoisotopic (exact) mass is 280 g/mol. The molecule has 0 amide bonds. The fraction of sp³-hybridized carbons (Fsp3) is 0.250. The first-order valence-corrected chi connectivity index (χ1v) is 5.86. The number of rotatable bonds is 3. The Balaban J connectivity index is 2.04. The number of pyridine rings is 1. The highest BCUT2D eigenvalue weighted by atomic mass is 79.9. The molecule has 0 unspecified atom stereocenters. The molecule has 16 heavy (non-hydrogen) atoms. The molecule has 2 heterocycles. The van der Waals surface area contributed by atoms with Crippen molar-refractivity contribution in [2.45, 2.75) is 20.4 Å². The van der Waals surface area contributed by atoms with Gasteiger partial charge in [0.25, 0.3) is 0 Å². The smallest absolute Gasteiger partial charge is 0.129 e. The normalized spacial score (nSPS) is 10.4. The second kappa shape index (κ2) is 4.70. The average Bonchev–Trinajstić information content (AvgIpc) is 2.63. The van der Waals surface area contributed by atoms with Crippen LogP contribution in [0.25, 0.3) is 0 Å². The molecule has 0 aromatic carbocycles. The molecule has 0 saturated carbocycles. The first kappa shape index (κ1) is 11.2. The van der Waals surface area contributed by atoms with Gasteiger partial charge in [-0.2, -0.15) is 0 Å². The lowest BCUT2D eigenvalue weighted by atomic mass is 10.3. The SMILES string of the molecule is Cc1ccc(CNc2ncc(Br)cc2C)o1. The number of furan rings is 1. The molecule has 4 heteroatoms. The molecule has 3 nitrogen and oxygen atoms in total. The second-order valence-corrected chi connectivity index (χ2v) is 4.60. The van der Waals surface area contributed by atoms with E-state index in [1.165, 1.54) is 0 Å². The van der Waals surface area contributed by atoms with Gasteiger partial charge < -0.3 is 9.73 Å². The van der Waals surface area contributed by atoms with Crippen LogP contribution in [0.15, 0.2) is 33.3 Å². The van der Waals surface area contributed by atoms with Crippen molar-refractivity contribution in [2.24, 2.45) is 0 Å². The van der Waals surface area contributed by atoms with Crippen molar-refractivity contribution in [1.82, 2.24) is 4.98 Å². The Labute approximate surface area is 103 Å². The molecule has 0 aliphatic carbocycles. The van der Waals surface area contributed by atoms with Crippen LogP contribution in [0.3, 0.4) is 0 Å². The van der Waals surface area contributed by atoms with E-state index in [1.807, 2.05) is 32.0 Å². The van der Waals surface area contributed by atoms with Crippen LogP contribution in [-0.2, 0) is 6.54 Å². The number of aryl methyl sites for hydroxylation is 2. The van der Waals surface area contributed by atoms with Crippen molar-refractivity contribution in [3.05, 3.63) is 46.0 Å². The van der Waals surface area contributed by atoms with Crippen LogP contribution in [0.2, 0.25) is 0 Å². The van der Waals surface area contributed by atoms with Gasteiger partial charge in [0.2, 0.25) is 0 Å². The molecule has 0 bridgehead atoms. The number of halogens is 1. The van der Waals surface area contributed by atoms with E-state index in [-0.39, 0.29) is 0 Å². The topological polar surface area (TPSA) is 38.1 Å². The average molecular weight is 281 g/mol. The van der Waals surface area contributed by atoms with Gasteiger partial charge >= 0.3 is 0 Å². The summed E-state index contributed by atoms with van der Waals surface area (Å²) in [5.41, 5.74) is 1.11. The maximum atomic E-state index is 5.47. The van der Waals surface area contributed by atoms with Gasteiger partial charge in [0.1, 0.15) is 17.3 Å². The Bertz CT molecular complexity index is 494. The lowest BCUT2D eigenvalue weighted by Crippen LogP contribution is -2.02. The fourth-order valence-electron chi connectivity index (χ4n) is 1.48. The molecule has 2 rings (SSSR count). The molecular weight excluding hydrogens is 268 g/mol. The molecule has 0 aliphatic rings. The highest BCUT2D eigenvalue weighted by Crippen LogP contribution is 2.17. The standard InChI is InChI=1S/C12H13BrN2O/c1-8-5-10(13)6-14-12(8)15-7-11-4-3-9(2)16-11/h3-6H,7H2,1-2H3,(H,14,15). The van der Waals surface area contributed by atoms with E-state index < -0.39 is 0 Å². The quantitative estimate of drug-likeness (QED) is 0.932. The van der Waals surface area contributed by atoms with Crippen molar-refractivity contribution in [3.8, 4) is 0 Å². The van der Waals surface area contributed by atoms with E-state index in [2.05, 4.69) is 26.2 Å². The molecule has 0 fully saturated rings. The third-order valence-corrected chi connectivity index (χ3v) is 2.70. The van der Waals surface area contributed by atoms with Gasteiger partial charge in [-0.3, -0.25) is 0 Å². The fourth-order valence-corrected chi connectivity index (χ4v) is 1.92. The predicted octanol–water partition coefficient (Wildman–Crippen LogP) is 3.67. The van der Waals surface area contributed by atoms with Crippen LogP contribution >= 0.6 is 15.9 Å². The van der Waals surface area contributed by atoms with Crippen LogP contribution < -0.4 is 5.32 Å². The highest BCUT2D eigenvalue weighted by molar-refractivity contribution is 9.10. The first-order chi connectivity index (χ1) is 7.65. The summed E-state index contributed by atoms with van der Waals surface area (Å²) in [5.74, 6) is 2.73. The van der Waals surface area contributed by atoms with E-state index in [0.717, 1.165) is 27.4 Å². The molecule has 0 saturated heterocycles. The summed E-state index contributed by atoms with van der Waals surface area (Å²) in [5, 5.41) is 3.24. The largest absolute Gasteiger partial charge is 0.465 e. The number of hydrogen-bond acceptors (Lipinski definition) is 3. The Kier molecular flexibility index (Phi) is 3.29. The molecule has 0 aliphatic heterocycles. The summed E-state index contributed by atoms with van der Waals surface area (Å²) in [6.45, 7) is 4.61. The van der Waals surface area contributed by atoms with Gasteiger partial charge in [-0.1, -0.05) is 0 Å². The molecule has 2 aromatic rings. The van der Waals surface area contributed by atoms with Gasteiger partial charge in [-0.15, -0.1) is 0 Å². The van der Waals surface area contributed by atoms with Crippen molar-refractivity contribution >= 4 is 21.7 Å². The first-order valence-electron chi connectivity index (χ1n) is 5.06. The van der Waals surface area contributed by atoms with Crippen molar-refractivity contribution < 1.29 is 4.42 Å². The number of anilines is 1. The molecule has 84 valence electrons. The number of nitrogens with one attached hydrogen (secondary N) is 1. The summed E-state index contributed by atoms with van der Waals surface area (Å²) in [7, 11) is 0. The van der Waals surface area contributed by atoms with E-state index >= 15 is 0 Å². The van der Waals surface area contributed by atoms with Crippen LogP contribution in [-0.4, -0.2) is 4.98 Å². The zero-order valence-electron chi connectivity index (χ0n) is 9.25. The number of hydrogen-bond donors (Lipinski definition) is 1. The third-order valence-electron chi connectivity index (χ3n) is 2.27. The van der Waals surface area contributed by atoms with Gasteiger partial charge in [0.05, 0.1) is 6.54 Å². The maximum absolute atomic E-state index is 5.47. The second-order valence-electron chi connectivity index (χ2n) is 3.68. The zero-order valence-corrected chi connectivity index (χ0v) is 10.8. The molecule has 0 radical (unpaired) electrons. The van der Waals surface area contributed by atoms with Crippen molar-refractivity contribution in [1.29, 1.82) is 0 Å². The molecule has 0 atom stereocenters. The van der Waals surface area contributed by atoms with Crippen molar-refractivity contribution in [2.75, 3.05) is 5.32 Å². The van der Waals surface area contributed by atoms with E-state index in [4.69, 9.17) is 4.42 Å². The van der Waals surface area contributed by atoms with Gasteiger partial charge in [0, 0.05) is 10.7 Å². The Hall–Kier alpha value is -1.29. The predicted molar refractivity (Wildman–Crippen MR) is 67.4 cm³/mol. The highest BCUT2D eigenvalue weighted by Gasteiger charge is 2.02. The van der Waals surface area contributed by atoms with E-state index in [0.29, 0.717) is 6.54 Å². The molecule has 0 spiro atoms. The zero-order chi connectivity index (χ0) is 11.5. The minimum Gasteiger partial charge on any atom is -0.465 e. The third kappa shape index (κ3) is 2.64. The minimum atomic E-state index is 0.656. The molecule has 2 aromatic heterocycles. The van der Waals surface area contributed by atoms with Gasteiger partial charge in [-0.05, 0) is 53.5 Å². The summed E-state index contributed by atoms with van der Waals surface area (Å²) >= 11 is 3.39. The van der Waals surface area contributed by atoms with Gasteiger partial charge in [-0.25, -0.2) is 4.98 Å². The lowest BCUT2D eigenvalue weighted by molar-refractivity contribution is 0.490. The summed E-state index contributed by atoms with van der Waals surface area (Å²) in [6, 6.07) is 5.96. The Morgan fingerprint density at radius 2 is 2.19 bits per heavy atom. The lowest BCUT2D eigenvalue weighted by Gasteiger charge is -2.06.